The molecule has 0 rings (SSSR count). The fourth-order valence-corrected chi connectivity index (χ4v) is 0.973. The summed E-state index contributed by atoms with van der Waals surface area (Å²) in [5.74, 6) is -1.16. The number of hydrogen-bond donors (Lipinski definition) is 2. The minimum Gasteiger partial charge on any atom is -0.376 e. The smallest absolute Gasteiger partial charge is 0.189 e. The van der Waals surface area contributed by atoms with Crippen LogP contribution in [0.2, 0.25) is 0 Å². The molecule has 0 spiro atoms. The van der Waals surface area contributed by atoms with Crippen molar-refractivity contribution < 1.29 is 14.6 Å². The molecule has 0 radical (unpaired) electrons. The fraction of sp³-hybridized carbons (Fsp3) is 1.00. The summed E-state index contributed by atoms with van der Waals surface area (Å²) in [6, 6.07) is 0. The third-order valence-electron chi connectivity index (χ3n) is 2.01. The minimum absolute atomic E-state index is 0.226. The van der Waals surface area contributed by atoms with Gasteiger partial charge in [-0.1, -0.05) is 20.3 Å². The van der Waals surface area contributed by atoms with Crippen molar-refractivity contribution in [1.82, 2.24) is 0 Å². The molecule has 0 heterocycles. The molecule has 0 aliphatic carbocycles. The molecule has 4 nitrogen and oxygen atoms in total. The van der Waals surface area contributed by atoms with Gasteiger partial charge in [0.15, 0.2) is 5.79 Å². The van der Waals surface area contributed by atoms with Crippen LogP contribution in [0.1, 0.15) is 33.1 Å². The molecule has 86 valence electrons. The zero-order chi connectivity index (χ0) is 10.9. The Morgan fingerprint density at radius 1 is 1.29 bits per heavy atom. The number of ether oxygens (including phenoxy) is 2. The van der Waals surface area contributed by atoms with Gasteiger partial charge in [-0.15, -0.1) is 0 Å². The van der Waals surface area contributed by atoms with Gasteiger partial charge >= 0.3 is 0 Å². The lowest BCUT2D eigenvalue weighted by Gasteiger charge is -2.26. The summed E-state index contributed by atoms with van der Waals surface area (Å²) < 4.78 is 10.5. The van der Waals surface area contributed by atoms with Crippen molar-refractivity contribution in [2.75, 3.05) is 26.4 Å². The van der Waals surface area contributed by atoms with E-state index >= 15 is 0 Å². The van der Waals surface area contributed by atoms with Crippen LogP contribution in [0.3, 0.4) is 0 Å². The molecule has 0 amide bonds. The summed E-state index contributed by atoms with van der Waals surface area (Å²) in [5.41, 5.74) is 5.29. The number of rotatable bonds is 9. The first-order valence-corrected chi connectivity index (χ1v) is 5.32. The summed E-state index contributed by atoms with van der Waals surface area (Å²) in [4.78, 5) is 0. The van der Waals surface area contributed by atoms with E-state index in [1.807, 2.05) is 6.92 Å². The Balaban J connectivity index is 3.63. The third kappa shape index (κ3) is 6.32. The molecule has 1 unspecified atom stereocenters. The monoisotopic (exact) mass is 205 g/mol. The molecule has 0 aliphatic rings. The van der Waals surface area contributed by atoms with Gasteiger partial charge in [0.25, 0.3) is 0 Å². The molecule has 14 heavy (non-hydrogen) atoms. The van der Waals surface area contributed by atoms with Gasteiger partial charge in [-0.2, -0.15) is 0 Å². The van der Waals surface area contributed by atoms with Crippen molar-refractivity contribution in [3.63, 3.8) is 0 Å². The van der Waals surface area contributed by atoms with Gasteiger partial charge in [0, 0.05) is 19.6 Å². The van der Waals surface area contributed by atoms with Crippen LogP contribution in [0.15, 0.2) is 0 Å². The summed E-state index contributed by atoms with van der Waals surface area (Å²) in [7, 11) is 0. The number of nitrogens with two attached hydrogens (primary N) is 1. The highest BCUT2D eigenvalue weighted by Gasteiger charge is 2.25. The molecule has 0 saturated carbocycles. The second-order valence-corrected chi connectivity index (χ2v) is 3.34. The van der Waals surface area contributed by atoms with Crippen LogP contribution in [0, 0.1) is 0 Å². The Bertz CT molecular complexity index is 133. The standard InChI is InChI=1S/C10H23NO3/c1-3-5-7-13-9-10(12,4-2)14-8-6-11/h12H,3-9,11H2,1-2H3. The summed E-state index contributed by atoms with van der Waals surface area (Å²) in [6.45, 7) is 5.63. The minimum atomic E-state index is -1.16. The van der Waals surface area contributed by atoms with Gasteiger partial charge in [0.1, 0.15) is 6.61 Å². The average Bonchev–Trinajstić information content (AvgIpc) is 2.22. The van der Waals surface area contributed by atoms with E-state index in [1.54, 1.807) is 0 Å². The summed E-state index contributed by atoms with van der Waals surface area (Å²) in [6.07, 6.45) is 2.62. The second kappa shape index (κ2) is 8.17. The van der Waals surface area contributed by atoms with Gasteiger partial charge in [0.05, 0.1) is 6.61 Å². The SMILES string of the molecule is CCCCOCC(O)(CC)OCCN. The van der Waals surface area contributed by atoms with Gasteiger partial charge < -0.3 is 20.3 Å². The van der Waals surface area contributed by atoms with Gasteiger partial charge in [-0.05, 0) is 6.42 Å². The quantitative estimate of drug-likeness (QED) is 0.433. The highest BCUT2D eigenvalue weighted by Crippen LogP contribution is 2.12. The topological polar surface area (TPSA) is 64.7 Å². The zero-order valence-electron chi connectivity index (χ0n) is 9.29. The number of aliphatic hydroxyl groups is 1. The lowest BCUT2D eigenvalue weighted by atomic mass is 10.2. The molecule has 0 aromatic heterocycles. The van der Waals surface area contributed by atoms with Crippen LogP contribution in [0.5, 0.6) is 0 Å². The first-order valence-electron chi connectivity index (χ1n) is 5.32. The molecule has 0 fully saturated rings. The van der Waals surface area contributed by atoms with E-state index in [0.29, 0.717) is 26.2 Å². The molecule has 4 heteroatoms. The highest BCUT2D eigenvalue weighted by molar-refractivity contribution is 4.64. The molecule has 0 bridgehead atoms. The van der Waals surface area contributed by atoms with Crippen molar-refractivity contribution in [2.24, 2.45) is 5.73 Å². The van der Waals surface area contributed by atoms with Crippen LogP contribution < -0.4 is 5.73 Å². The van der Waals surface area contributed by atoms with Crippen LogP contribution in [-0.4, -0.2) is 37.3 Å². The predicted molar refractivity (Wildman–Crippen MR) is 56.0 cm³/mol. The first kappa shape index (κ1) is 13.8. The van der Waals surface area contributed by atoms with Crippen molar-refractivity contribution in [3.05, 3.63) is 0 Å². The van der Waals surface area contributed by atoms with E-state index in [-0.39, 0.29) is 6.61 Å². The molecular formula is C10H23NO3. The molecule has 3 N–H and O–H groups in total. The van der Waals surface area contributed by atoms with Crippen LogP contribution >= 0.6 is 0 Å². The van der Waals surface area contributed by atoms with E-state index in [0.717, 1.165) is 12.8 Å². The van der Waals surface area contributed by atoms with Crippen LogP contribution in [-0.2, 0) is 9.47 Å². The highest BCUT2D eigenvalue weighted by atomic mass is 16.6. The van der Waals surface area contributed by atoms with Gasteiger partial charge in [-0.25, -0.2) is 0 Å². The Labute approximate surface area is 86.4 Å². The lowest BCUT2D eigenvalue weighted by Crippen LogP contribution is -2.38. The van der Waals surface area contributed by atoms with E-state index in [4.69, 9.17) is 15.2 Å². The van der Waals surface area contributed by atoms with Crippen LogP contribution in [0.25, 0.3) is 0 Å². The van der Waals surface area contributed by atoms with Crippen LogP contribution in [0.4, 0.5) is 0 Å². The third-order valence-corrected chi connectivity index (χ3v) is 2.01. The lowest BCUT2D eigenvalue weighted by molar-refractivity contribution is -0.232. The maximum atomic E-state index is 9.85. The van der Waals surface area contributed by atoms with Crippen molar-refractivity contribution >= 4 is 0 Å². The van der Waals surface area contributed by atoms with Crippen molar-refractivity contribution in [3.8, 4) is 0 Å². The second-order valence-electron chi connectivity index (χ2n) is 3.34. The zero-order valence-corrected chi connectivity index (χ0v) is 9.29. The van der Waals surface area contributed by atoms with E-state index in [2.05, 4.69) is 6.92 Å². The maximum Gasteiger partial charge on any atom is 0.189 e. The molecular weight excluding hydrogens is 182 g/mol. The van der Waals surface area contributed by atoms with E-state index < -0.39 is 5.79 Å². The molecule has 0 aromatic rings. The Kier molecular flexibility index (Phi) is 8.08. The molecule has 1 atom stereocenters. The Hall–Kier alpha value is -0.160. The number of hydrogen-bond acceptors (Lipinski definition) is 4. The van der Waals surface area contributed by atoms with E-state index in [1.165, 1.54) is 0 Å². The largest absolute Gasteiger partial charge is 0.376 e. The maximum absolute atomic E-state index is 9.85. The van der Waals surface area contributed by atoms with E-state index in [9.17, 15) is 5.11 Å². The van der Waals surface area contributed by atoms with Crippen molar-refractivity contribution in [2.45, 2.75) is 38.9 Å². The first-order chi connectivity index (χ1) is 6.68. The summed E-state index contributed by atoms with van der Waals surface area (Å²) >= 11 is 0. The fourth-order valence-electron chi connectivity index (χ4n) is 0.973. The number of unbranched alkanes of at least 4 members (excludes halogenated alkanes) is 1. The molecule has 0 saturated heterocycles. The van der Waals surface area contributed by atoms with Gasteiger partial charge in [0.2, 0.25) is 0 Å². The molecule has 0 aliphatic heterocycles. The van der Waals surface area contributed by atoms with Crippen molar-refractivity contribution in [1.29, 1.82) is 0 Å². The Morgan fingerprint density at radius 2 is 2.00 bits per heavy atom. The average molecular weight is 205 g/mol. The summed E-state index contributed by atoms with van der Waals surface area (Å²) in [5, 5.41) is 9.85. The Morgan fingerprint density at radius 3 is 2.50 bits per heavy atom. The normalized spacial score (nSPS) is 15.4. The molecule has 0 aromatic carbocycles. The predicted octanol–water partition coefficient (Wildman–Crippen LogP) is 0.877. The van der Waals surface area contributed by atoms with Gasteiger partial charge in [-0.3, -0.25) is 0 Å².